The molecule has 0 aromatic carbocycles. The molecule has 2 rings (SSSR count). The fourth-order valence-corrected chi connectivity index (χ4v) is 3.12. The quantitative estimate of drug-likeness (QED) is 0.686. The van der Waals surface area contributed by atoms with E-state index in [4.69, 9.17) is 5.11 Å². The Morgan fingerprint density at radius 1 is 1.00 bits per heavy atom. The van der Waals surface area contributed by atoms with E-state index in [-0.39, 0.29) is 5.92 Å². The smallest absolute Gasteiger partial charge is 0.372 e. The van der Waals surface area contributed by atoms with Gasteiger partial charge in [-0.05, 0) is 31.1 Å². The highest BCUT2D eigenvalue weighted by Crippen LogP contribution is 2.42. The lowest BCUT2D eigenvalue weighted by Crippen LogP contribution is -2.34. The normalized spacial score (nSPS) is 36.4. The molecule has 1 N–H and O–H groups in total. The highest BCUT2D eigenvalue weighted by Gasteiger charge is 2.36. The zero-order valence-electron chi connectivity index (χ0n) is 8.24. The minimum atomic E-state index is -1.24. The van der Waals surface area contributed by atoms with Gasteiger partial charge in [0.1, 0.15) is 0 Å². The van der Waals surface area contributed by atoms with Gasteiger partial charge in [-0.15, -0.1) is 0 Å². The van der Waals surface area contributed by atoms with E-state index in [1.54, 1.807) is 0 Å². The van der Waals surface area contributed by atoms with Gasteiger partial charge in [-0.2, -0.15) is 0 Å². The molecule has 0 aromatic rings. The third-order valence-corrected chi connectivity index (χ3v) is 3.71. The summed E-state index contributed by atoms with van der Waals surface area (Å²) in [5, 5.41) is 8.65. The molecule has 0 aliphatic heterocycles. The summed E-state index contributed by atoms with van der Waals surface area (Å²) in [6, 6.07) is 0. The van der Waals surface area contributed by atoms with E-state index in [0.29, 0.717) is 11.8 Å². The highest BCUT2D eigenvalue weighted by atomic mass is 16.4. The van der Waals surface area contributed by atoms with Crippen molar-refractivity contribution < 1.29 is 14.7 Å². The summed E-state index contributed by atoms with van der Waals surface area (Å²) in [5.74, 6) is -0.736. The molecule has 3 nitrogen and oxygen atoms in total. The number of carbonyl (C=O) groups excluding carboxylic acids is 1. The van der Waals surface area contributed by atoms with Crippen molar-refractivity contribution in [3.05, 3.63) is 0 Å². The van der Waals surface area contributed by atoms with E-state index in [2.05, 4.69) is 0 Å². The van der Waals surface area contributed by atoms with Crippen molar-refractivity contribution in [2.24, 2.45) is 17.8 Å². The topological polar surface area (TPSA) is 54.4 Å². The van der Waals surface area contributed by atoms with Crippen LogP contribution in [0.3, 0.4) is 0 Å². The lowest BCUT2D eigenvalue weighted by atomic mass is 9.67. The minimum absolute atomic E-state index is 0.184. The maximum absolute atomic E-state index is 11.3. The SMILES string of the molecule is O=C(O)C(=O)C1CC2CCCC(C2)C1. The molecule has 3 heteroatoms. The predicted molar refractivity (Wildman–Crippen MR) is 50.8 cm³/mol. The molecule has 2 bridgehead atoms. The number of aliphatic carboxylic acids is 1. The molecule has 2 unspecified atom stereocenters. The van der Waals surface area contributed by atoms with E-state index >= 15 is 0 Å². The zero-order chi connectivity index (χ0) is 10.1. The van der Waals surface area contributed by atoms with Crippen LogP contribution in [0, 0.1) is 17.8 Å². The third kappa shape index (κ3) is 1.81. The Morgan fingerprint density at radius 2 is 1.57 bits per heavy atom. The molecule has 2 fully saturated rings. The van der Waals surface area contributed by atoms with Crippen molar-refractivity contribution in [3.63, 3.8) is 0 Å². The molecular weight excluding hydrogens is 180 g/mol. The first-order chi connectivity index (χ1) is 6.66. The fraction of sp³-hybridized carbons (Fsp3) is 0.818. The Morgan fingerprint density at radius 3 is 2.07 bits per heavy atom. The van der Waals surface area contributed by atoms with Crippen molar-refractivity contribution in [1.29, 1.82) is 0 Å². The number of rotatable bonds is 2. The van der Waals surface area contributed by atoms with Crippen LogP contribution in [0.4, 0.5) is 0 Å². The number of hydrogen-bond acceptors (Lipinski definition) is 2. The number of carboxylic acid groups (broad SMARTS) is 1. The standard InChI is InChI=1S/C11H16O3/c12-10(11(13)14)9-5-7-2-1-3-8(4-7)6-9/h7-9H,1-6H2,(H,13,14). The fourth-order valence-electron chi connectivity index (χ4n) is 3.12. The van der Waals surface area contributed by atoms with Crippen molar-refractivity contribution >= 4 is 11.8 Å². The molecule has 2 aliphatic carbocycles. The second kappa shape index (κ2) is 3.71. The largest absolute Gasteiger partial charge is 0.475 e. The molecule has 0 aromatic heterocycles. The minimum Gasteiger partial charge on any atom is -0.475 e. The van der Waals surface area contributed by atoms with Crippen molar-refractivity contribution in [1.82, 2.24) is 0 Å². The Labute approximate surface area is 83.5 Å². The number of carboxylic acids is 1. The average molecular weight is 196 g/mol. The highest BCUT2D eigenvalue weighted by molar-refractivity contribution is 6.33. The van der Waals surface area contributed by atoms with Gasteiger partial charge >= 0.3 is 5.97 Å². The molecule has 0 amide bonds. The number of Topliss-reactive ketones (excluding diaryl/α,β-unsaturated/α-hetero) is 1. The van der Waals surface area contributed by atoms with E-state index in [1.807, 2.05) is 0 Å². The van der Waals surface area contributed by atoms with Crippen LogP contribution >= 0.6 is 0 Å². The number of fused-ring (bicyclic) bond motifs is 2. The Bertz CT molecular complexity index is 247. The van der Waals surface area contributed by atoms with E-state index < -0.39 is 11.8 Å². The maximum Gasteiger partial charge on any atom is 0.372 e. The molecule has 0 spiro atoms. The van der Waals surface area contributed by atoms with Crippen LogP contribution in [-0.4, -0.2) is 16.9 Å². The van der Waals surface area contributed by atoms with E-state index in [9.17, 15) is 9.59 Å². The molecule has 0 radical (unpaired) electrons. The summed E-state index contributed by atoms with van der Waals surface area (Å²) < 4.78 is 0. The van der Waals surface area contributed by atoms with Crippen LogP contribution in [0.15, 0.2) is 0 Å². The van der Waals surface area contributed by atoms with Gasteiger partial charge in [0.05, 0.1) is 0 Å². The number of ketones is 1. The molecule has 2 atom stereocenters. The lowest BCUT2D eigenvalue weighted by Gasteiger charge is -2.37. The summed E-state index contributed by atoms with van der Waals surface area (Å²) in [7, 11) is 0. The summed E-state index contributed by atoms with van der Waals surface area (Å²) in [4.78, 5) is 21.9. The van der Waals surface area contributed by atoms with Crippen LogP contribution in [0.25, 0.3) is 0 Å². The van der Waals surface area contributed by atoms with Gasteiger partial charge in [-0.3, -0.25) is 4.79 Å². The Balaban J connectivity index is 2.02. The van der Waals surface area contributed by atoms with Crippen LogP contribution in [0.5, 0.6) is 0 Å². The van der Waals surface area contributed by atoms with Crippen molar-refractivity contribution in [3.8, 4) is 0 Å². The van der Waals surface area contributed by atoms with Gasteiger partial charge in [-0.25, -0.2) is 4.79 Å². The van der Waals surface area contributed by atoms with Gasteiger partial charge in [-0.1, -0.05) is 19.3 Å². The number of carbonyl (C=O) groups is 2. The van der Waals surface area contributed by atoms with Crippen LogP contribution in [0.2, 0.25) is 0 Å². The molecule has 14 heavy (non-hydrogen) atoms. The number of hydrogen-bond donors (Lipinski definition) is 1. The van der Waals surface area contributed by atoms with Gasteiger partial charge in [0.15, 0.2) is 0 Å². The Hall–Kier alpha value is -0.860. The van der Waals surface area contributed by atoms with E-state index in [0.717, 1.165) is 12.8 Å². The first-order valence-corrected chi connectivity index (χ1v) is 5.44. The van der Waals surface area contributed by atoms with Crippen molar-refractivity contribution in [2.45, 2.75) is 38.5 Å². The second-order valence-corrected chi connectivity index (χ2v) is 4.74. The molecule has 2 aliphatic rings. The predicted octanol–water partition coefficient (Wildman–Crippen LogP) is 1.86. The molecule has 2 saturated carbocycles. The van der Waals surface area contributed by atoms with Crippen LogP contribution < -0.4 is 0 Å². The van der Waals surface area contributed by atoms with Gasteiger partial charge in [0.2, 0.25) is 5.78 Å². The zero-order valence-corrected chi connectivity index (χ0v) is 8.24. The van der Waals surface area contributed by atoms with Crippen LogP contribution in [0.1, 0.15) is 38.5 Å². The molecular formula is C11H16O3. The first kappa shape index (κ1) is 9.69. The van der Waals surface area contributed by atoms with Crippen molar-refractivity contribution in [2.75, 3.05) is 0 Å². The molecule has 0 heterocycles. The summed E-state index contributed by atoms with van der Waals surface area (Å²) in [6.45, 7) is 0. The molecule has 0 saturated heterocycles. The maximum atomic E-state index is 11.3. The van der Waals surface area contributed by atoms with Crippen LogP contribution in [-0.2, 0) is 9.59 Å². The summed E-state index contributed by atoms with van der Waals surface area (Å²) in [6.07, 6.45) is 6.52. The average Bonchev–Trinajstić information content (AvgIpc) is 2.15. The first-order valence-electron chi connectivity index (χ1n) is 5.44. The van der Waals surface area contributed by atoms with E-state index in [1.165, 1.54) is 25.7 Å². The second-order valence-electron chi connectivity index (χ2n) is 4.74. The van der Waals surface area contributed by atoms with Gasteiger partial charge in [0.25, 0.3) is 0 Å². The monoisotopic (exact) mass is 196 g/mol. The summed E-state index contributed by atoms with van der Waals surface area (Å²) >= 11 is 0. The lowest BCUT2D eigenvalue weighted by molar-refractivity contribution is -0.152. The Kier molecular flexibility index (Phi) is 2.57. The molecule has 78 valence electrons. The third-order valence-electron chi connectivity index (χ3n) is 3.71. The summed E-state index contributed by atoms with van der Waals surface area (Å²) in [5.41, 5.74) is 0. The van der Waals surface area contributed by atoms with Gasteiger partial charge in [0, 0.05) is 5.92 Å². The van der Waals surface area contributed by atoms with Gasteiger partial charge < -0.3 is 5.11 Å².